The van der Waals surface area contributed by atoms with Gasteiger partial charge >= 0.3 is 0 Å². The molecule has 0 aromatic heterocycles. The number of piperazine rings is 1. The van der Waals surface area contributed by atoms with Crippen molar-refractivity contribution in [3.63, 3.8) is 0 Å². The summed E-state index contributed by atoms with van der Waals surface area (Å²) in [6, 6.07) is 0.491. The highest BCUT2D eigenvalue weighted by Gasteiger charge is 2.17. The third-order valence-corrected chi connectivity index (χ3v) is 3.13. The molecule has 0 saturated carbocycles. The SMILES string of the molecule is C[C@@H]1CNCCN1CCNS(C)(=O)=O. The Kier molecular flexibility index (Phi) is 4.31. The van der Waals surface area contributed by atoms with E-state index in [4.69, 9.17) is 0 Å². The van der Waals surface area contributed by atoms with E-state index in [1.54, 1.807) is 0 Å². The zero-order valence-corrected chi connectivity index (χ0v) is 9.60. The molecule has 1 heterocycles. The molecular weight excluding hydrogens is 202 g/mol. The zero-order valence-electron chi connectivity index (χ0n) is 8.78. The minimum atomic E-state index is -3.03. The molecule has 0 spiro atoms. The van der Waals surface area contributed by atoms with Crippen LogP contribution in [0.5, 0.6) is 0 Å². The summed E-state index contributed by atoms with van der Waals surface area (Å²) < 4.78 is 24.1. The van der Waals surface area contributed by atoms with Gasteiger partial charge in [-0.05, 0) is 6.92 Å². The summed E-state index contributed by atoms with van der Waals surface area (Å²) in [5, 5.41) is 3.29. The lowest BCUT2D eigenvalue weighted by atomic mass is 10.2. The number of nitrogens with zero attached hydrogens (tertiary/aromatic N) is 1. The van der Waals surface area contributed by atoms with Crippen molar-refractivity contribution >= 4 is 10.0 Å². The molecule has 1 aliphatic heterocycles. The van der Waals surface area contributed by atoms with Crippen LogP contribution in [0.25, 0.3) is 0 Å². The molecule has 0 aliphatic carbocycles. The van der Waals surface area contributed by atoms with Crippen molar-refractivity contribution in [1.82, 2.24) is 14.9 Å². The first-order valence-corrected chi connectivity index (χ1v) is 6.77. The van der Waals surface area contributed by atoms with Crippen molar-refractivity contribution in [2.75, 3.05) is 39.0 Å². The first-order chi connectivity index (χ1) is 6.49. The number of hydrogen-bond acceptors (Lipinski definition) is 4. The summed E-state index contributed by atoms with van der Waals surface area (Å²) in [6.45, 7) is 6.40. The third kappa shape index (κ3) is 4.36. The van der Waals surface area contributed by atoms with Gasteiger partial charge in [-0.15, -0.1) is 0 Å². The van der Waals surface area contributed by atoms with E-state index >= 15 is 0 Å². The largest absolute Gasteiger partial charge is 0.314 e. The van der Waals surface area contributed by atoms with E-state index in [2.05, 4.69) is 21.9 Å². The van der Waals surface area contributed by atoms with Crippen LogP contribution in [0, 0.1) is 0 Å². The summed E-state index contributed by atoms with van der Waals surface area (Å²) in [5.41, 5.74) is 0. The van der Waals surface area contributed by atoms with Gasteiger partial charge in [0.2, 0.25) is 10.0 Å². The molecule has 6 heteroatoms. The van der Waals surface area contributed by atoms with Gasteiger partial charge < -0.3 is 5.32 Å². The van der Waals surface area contributed by atoms with E-state index in [0.29, 0.717) is 12.6 Å². The molecule has 1 rings (SSSR count). The first kappa shape index (κ1) is 11.9. The standard InChI is InChI=1S/C8H19N3O2S/c1-8-7-9-3-5-11(8)6-4-10-14(2,12)13/h8-10H,3-7H2,1-2H3/t8-/m1/s1. The van der Waals surface area contributed by atoms with Gasteiger partial charge in [0, 0.05) is 38.8 Å². The summed E-state index contributed by atoms with van der Waals surface area (Å²) >= 11 is 0. The molecule has 2 N–H and O–H groups in total. The Morgan fingerprint density at radius 3 is 2.86 bits per heavy atom. The smallest absolute Gasteiger partial charge is 0.208 e. The predicted octanol–water partition coefficient (Wildman–Crippen LogP) is -1.17. The molecule has 14 heavy (non-hydrogen) atoms. The summed E-state index contributed by atoms with van der Waals surface area (Å²) in [4.78, 5) is 2.29. The number of nitrogens with one attached hydrogen (secondary N) is 2. The highest BCUT2D eigenvalue weighted by Crippen LogP contribution is 2.00. The Morgan fingerprint density at radius 1 is 1.57 bits per heavy atom. The van der Waals surface area contributed by atoms with Crippen LogP contribution in [0.2, 0.25) is 0 Å². The maximum atomic E-state index is 10.8. The van der Waals surface area contributed by atoms with E-state index < -0.39 is 10.0 Å². The number of rotatable bonds is 4. The monoisotopic (exact) mass is 221 g/mol. The fourth-order valence-corrected chi connectivity index (χ4v) is 2.05. The lowest BCUT2D eigenvalue weighted by Gasteiger charge is -2.33. The van der Waals surface area contributed by atoms with Gasteiger partial charge in [0.05, 0.1) is 6.26 Å². The van der Waals surface area contributed by atoms with Crippen LogP contribution in [0.3, 0.4) is 0 Å². The summed E-state index contributed by atoms with van der Waals surface area (Å²) in [5.74, 6) is 0. The van der Waals surface area contributed by atoms with E-state index in [0.717, 1.165) is 26.2 Å². The molecule has 0 aromatic rings. The van der Waals surface area contributed by atoms with Crippen LogP contribution in [0.1, 0.15) is 6.92 Å². The lowest BCUT2D eigenvalue weighted by molar-refractivity contribution is 0.177. The van der Waals surface area contributed by atoms with Gasteiger partial charge in [-0.25, -0.2) is 13.1 Å². The topological polar surface area (TPSA) is 61.4 Å². The summed E-state index contributed by atoms with van der Waals surface area (Å²) in [7, 11) is -3.03. The lowest BCUT2D eigenvalue weighted by Crippen LogP contribution is -2.51. The van der Waals surface area contributed by atoms with Crippen molar-refractivity contribution in [3.05, 3.63) is 0 Å². The van der Waals surface area contributed by atoms with Crippen molar-refractivity contribution in [1.29, 1.82) is 0 Å². The minimum Gasteiger partial charge on any atom is -0.314 e. The second kappa shape index (κ2) is 5.06. The maximum absolute atomic E-state index is 10.8. The molecule has 1 aliphatic rings. The molecule has 0 unspecified atom stereocenters. The van der Waals surface area contributed by atoms with Crippen LogP contribution in [-0.2, 0) is 10.0 Å². The van der Waals surface area contributed by atoms with Crippen molar-refractivity contribution in [3.8, 4) is 0 Å². The van der Waals surface area contributed by atoms with Gasteiger partial charge in [0.25, 0.3) is 0 Å². The fraction of sp³-hybridized carbons (Fsp3) is 1.00. The van der Waals surface area contributed by atoms with Crippen LogP contribution >= 0.6 is 0 Å². The molecule has 0 amide bonds. The number of sulfonamides is 1. The van der Waals surface area contributed by atoms with Crippen LogP contribution in [0.15, 0.2) is 0 Å². The molecule has 0 bridgehead atoms. The Morgan fingerprint density at radius 2 is 2.29 bits per heavy atom. The van der Waals surface area contributed by atoms with E-state index in [1.165, 1.54) is 6.26 Å². The molecule has 0 aromatic carbocycles. The van der Waals surface area contributed by atoms with Gasteiger partial charge in [-0.3, -0.25) is 4.90 Å². The van der Waals surface area contributed by atoms with Crippen molar-refractivity contribution in [2.24, 2.45) is 0 Å². The molecule has 5 nitrogen and oxygen atoms in total. The van der Waals surface area contributed by atoms with E-state index in [9.17, 15) is 8.42 Å². The van der Waals surface area contributed by atoms with Crippen LogP contribution in [0.4, 0.5) is 0 Å². The molecule has 1 atom stereocenters. The second-order valence-electron chi connectivity index (χ2n) is 3.76. The van der Waals surface area contributed by atoms with Crippen LogP contribution < -0.4 is 10.0 Å². The van der Waals surface area contributed by atoms with Gasteiger partial charge in [-0.2, -0.15) is 0 Å². The third-order valence-electron chi connectivity index (χ3n) is 2.40. The minimum absolute atomic E-state index is 0.491. The van der Waals surface area contributed by atoms with Crippen molar-refractivity contribution in [2.45, 2.75) is 13.0 Å². The first-order valence-electron chi connectivity index (χ1n) is 4.88. The van der Waals surface area contributed by atoms with Crippen LogP contribution in [-0.4, -0.2) is 58.3 Å². The molecule has 84 valence electrons. The van der Waals surface area contributed by atoms with E-state index in [1.807, 2.05) is 0 Å². The highest BCUT2D eigenvalue weighted by molar-refractivity contribution is 7.88. The van der Waals surface area contributed by atoms with Crippen molar-refractivity contribution < 1.29 is 8.42 Å². The Bertz CT molecular complexity index is 266. The fourth-order valence-electron chi connectivity index (χ4n) is 1.59. The normalized spacial score (nSPS) is 25.1. The second-order valence-corrected chi connectivity index (χ2v) is 5.59. The molecule has 0 radical (unpaired) electrons. The zero-order chi connectivity index (χ0) is 10.6. The Labute approximate surface area is 85.9 Å². The van der Waals surface area contributed by atoms with Gasteiger partial charge in [-0.1, -0.05) is 0 Å². The molecule has 1 fully saturated rings. The Hall–Kier alpha value is -0.170. The van der Waals surface area contributed by atoms with Gasteiger partial charge in [0.15, 0.2) is 0 Å². The summed E-state index contributed by atoms with van der Waals surface area (Å²) in [6.07, 6.45) is 1.19. The average molecular weight is 221 g/mol. The average Bonchev–Trinajstić information content (AvgIpc) is 2.06. The number of hydrogen-bond donors (Lipinski definition) is 2. The van der Waals surface area contributed by atoms with E-state index in [-0.39, 0.29) is 0 Å². The molecular formula is C8H19N3O2S. The predicted molar refractivity (Wildman–Crippen MR) is 56.8 cm³/mol. The molecule has 1 saturated heterocycles. The Balaban J connectivity index is 2.23. The quantitative estimate of drug-likeness (QED) is 0.628. The maximum Gasteiger partial charge on any atom is 0.208 e. The van der Waals surface area contributed by atoms with Gasteiger partial charge in [0.1, 0.15) is 0 Å². The highest BCUT2D eigenvalue weighted by atomic mass is 32.2.